The quantitative estimate of drug-likeness (QED) is 0.356. The van der Waals surface area contributed by atoms with Crippen LogP contribution in [-0.4, -0.2) is 12.6 Å². The molecule has 0 atom stereocenters. The highest BCUT2D eigenvalue weighted by atomic mass is 16.1. The molecule has 16 heavy (non-hydrogen) atoms. The first-order chi connectivity index (χ1) is 7.72. The van der Waals surface area contributed by atoms with Crippen molar-refractivity contribution in [1.82, 2.24) is 0 Å². The van der Waals surface area contributed by atoms with E-state index in [1.807, 2.05) is 38.1 Å². The fourth-order valence-electron chi connectivity index (χ4n) is 1.41. The minimum absolute atomic E-state index is 0.172. The Kier molecular flexibility index (Phi) is 4.45. The van der Waals surface area contributed by atoms with Gasteiger partial charge in [0.2, 0.25) is 0 Å². The minimum atomic E-state index is 0.172. The second kappa shape index (κ2) is 5.85. The lowest BCUT2D eigenvalue weighted by Crippen LogP contribution is -2.05. The number of rotatable bonds is 5. The molecule has 0 saturated heterocycles. The molecule has 0 spiro atoms. The van der Waals surface area contributed by atoms with Crippen molar-refractivity contribution < 1.29 is 9.59 Å². The van der Waals surface area contributed by atoms with E-state index >= 15 is 0 Å². The van der Waals surface area contributed by atoms with Gasteiger partial charge in [0.1, 0.15) is 0 Å². The molecule has 0 bridgehead atoms. The number of hydrogen-bond acceptors (Lipinski definition) is 3. The lowest BCUT2D eigenvalue weighted by atomic mass is 10.1. The number of aldehydes is 2. The number of aryl methyl sites for hydroxylation is 1. The number of para-hydroxylation sites is 1. The van der Waals surface area contributed by atoms with Crippen molar-refractivity contribution in [1.29, 1.82) is 0 Å². The lowest BCUT2D eigenvalue weighted by Gasteiger charge is -2.12. The number of allylic oxidation sites excluding steroid dienone is 2. The van der Waals surface area contributed by atoms with Crippen LogP contribution in [0.4, 0.5) is 5.69 Å². The van der Waals surface area contributed by atoms with Gasteiger partial charge >= 0.3 is 0 Å². The Bertz CT molecular complexity index is 412. The molecule has 0 aromatic heterocycles. The van der Waals surface area contributed by atoms with Gasteiger partial charge in [-0.25, -0.2) is 0 Å². The third-order valence-corrected chi connectivity index (χ3v) is 2.39. The van der Waals surface area contributed by atoms with Crippen LogP contribution in [0.15, 0.2) is 35.5 Å². The van der Waals surface area contributed by atoms with Crippen LogP contribution in [0.2, 0.25) is 0 Å². The van der Waals surface area contributed by atoms with Crippen LogP contribution in [-0.2, 0) is 9.59 Å². The van der Waals surface area contributed by atoms with Crippen molar-refractivity contribution in [2.24, 2.45) is 0 Å². The molecule has 3 nitrogen and oxygen atoms in total. The van der Waals surface area contributed by atoms with Gasteiger partial charge in [0.15, 0.2) is 12.6 Å². The molecule has 3 heteroatoms. The van der Waals surface area contributed by atoms with E-state index in [2.05, 4.69) is 5.32 Å². The van der Waals surface area contributed by atoms with Gasteiger partial charge in [-0.3, -0.25) is 9.59 Å². The summed E-state index contributed by atoms with van der Waals surface area (Å²) in [4.78, 5) is 21.4. The fourth-order valence-corrected chi connectivity index (χ4v) is 1.41. The molecule has 0 fully saturated rings. The maximum atomic E-state index is 10.7. The van der Waals surface area contributed by atoms with Gasteiger partial charge in [0.05, 0.1) is 5.57 Å². The fraction of sp³-hybridized carbons (Fsp3) is 0.231. The number of hydrogen-bond donors (Lipinski definition) is 1. The highest BCUT2D eigenvalue weighted by molar-refractivity contribution is 6.00. The van der Waals surface area contributed by atoms with E-state index in [4.69, 9.17) is 0 Å². The largest absolute Gasteiger partial charge is 0.358 e. The van der Waals surface area contributed by atoms with Crippen molar-refractivity contribution in [2.75, 3.05) is 5.32 Å². The number of benzene rings is 1. The average molecular weight is 217 g/mol. The predicted molar refractivity (Wildman–Crippen MR) is 64.2 cm³/mol. The number of nitrogens with one attached hydrogen (secondary N) is 1. The summed E-state index contributed by atoms with van der Waals surface area (Å²) in [6.07, 6.45) is 1.77. The number of carbonyl (C=O) groups excluding carboxylic acids is 2. The van der Waals surface area contributed by atoms with Crippen LogP contribution < -0.4 is 5.32 Å². The zero-order chi connectivity index (χ0) is 12.0. The second-order valence-corrected chi connectivity index (χ2v) is 3.46. The second-order valence-electron chi connectivity index (χ2n) is 3.46. The molecule has 1 aromatic rings. The van der Waals surface area contributed by atoms with Gasteiger partial charge in [-0.2, -0.15) is 0 Å². The molecule has 84 valence electrons. The molecule has 0 heterocycles. The van der Waals surface area contributed by atoms with E-state index in [1.165, 1.54) is 0 Å². The van der Waals surface area contributed by atoms with Gasteiger partial charge in [-0.15, -0.1) is 0 Å². The zero-order valence-corrected chi connectivity index (χ0v) is 9.49. The molecule has 0 aliphatic rings. The predicted octanol–water partition coefficient (Wildman–Crippen LogP) is 2.47. The first-order valence-electron chi connectivity index (χ1n) is 5.19. The van der Waals surface area contributed by atoms with Crippen LogP contribution in [0.5, 0.6) is 0 Å². The SMILES string of the molecule is CCC(Nc1ccccc1C)=C(C=O)C=O. The van der Waals surface area contributed by atoms with E-state index in [0.29, 0.717) is 24.7 Å². The summed E-state index contributed by atoms with van der Waals surface area (Å²) in [5.74, 6) is 0. The zero-order valence-electron chi connectivity index (χ0n) is 9.49. The number of anilines is 1. The summed E-state index contributed by atoms with van der Waals surface area (Å²) >= 11 is 0. The first kappa shape index (κ1) is 12.2. The highest BCUT2D eigenvalue weighted by Crippen LogP contribution is 2.17. The van der Waals surface area contributed by atoms with Gasteiger partial charge in [-0.05, 0) is 25.0 Å². The summed E-state index contributed by atoms with van der Waals surface area (Å²) in [7, 11) is 0. The summed E-state index contributed by atoms with van der Waals surface area (Å²) in [6.45, 7) is 3.87. The van der Waals surface area contributed by atoms with E-state index < -0.39 is 0 Å². The summed E-state index contributed by atoms with van der Waals surface area (Å²) in [5.41, 5.74) is 2.82. The molecule has 1 aromatic carbocycles. The average Bonchev–Trinajstić information content (AvgIpc) is 2.31. The monoisotopic (exact) mass is 217 g/mol. The van der Waals surface area contributed by atoms with Crippen LogP contribution in [0, 0.1) is 6.92 Å². The standard InChI is InChI=1S/C13H15NO2/c1-3-12(11(8-15)9-16)14-13-7-5-4-6-10(13)2/h4-9,14H,3H2,1-2H3. The Hall–Kier alpha value is -1.90. The van der Waals surface area contributed by atoms with E-state index in [-0.39, 0.29) is 5.57 Å². The Morgan fingerprint density at radius 3 is 2.38 bits per heavy atom. The molecule has 0 unspecified atom stereocenters. The molecular weight excluding hydrogens is 202 g/mol. The van der Waals surface area contributed by atoms with Crippen molar-refractivity contribution in [3.8, 4) is 0 Å². The third kappa shape index (κ3) is 2.79. The molecular formula is C13H15NO2. The van der Waals surface area contributed by atoms with Crippen molar-refractivity contribution in [3.05, 3.63) is 41.1 Å². The van der Waals surface area contributed by atoms with Crippen LogP contribution in [0.1, 0.15) is 18.9 Å². The lowest BCUT2D eigenvalue weighted by molar-refractivity contribution is -0.109. The van der Waals surface area contributed by atoms with Crippen molar-refractivity contribution >= 4 is 18.3 Å². The van der Waals surface area contributed by atoms with Crippen molar-refractivity contribution in [2.45, 2.75) is 20.3 Å². The molecule has 0 saturated carbocycles. The smallest absolute Gasteiger partial charge is 0.155 e. The molecule has 1 rings (SSSR count). The van der Waals surface area contributed by atoms with Crippen LogP contribution in [0.25, 0.3) is 0 Å². The Balaban J connectivity index is 3.03. The Morgan fingerprint density at radius 2 is 1.88 bits per heavy atom. The van der Waals surface area contributed by atoms with E-state index in [9.17, 15) is 9.59 Å². The molecule has 0 aliphatic carbocycles. The molecule has 0 radical (unpaired) electrons. The topological polar surface area (TPSA) is 46.2 Å². The molecule has 0 aliphatic heterocycles. The first-order valence-corrected chi connectivity index (χ1v) is 5.19. The van der Waals surface area contributed by atoms with Crippen molar-refractivity contribution in [3.63, 3.8) is 0 Å². The van der Waals surface area contributed by atoms with Gasteiger partial charge in [-0.1, -0.05) is 25.1 Å². The van der Waals surface area contributed by atoms with E-state index in [0.717, 1.165) is 11.3 Å². The number of carbonyl (C=O) groups is 2. The van der Waals surface area contributed by atoms with Crippen LogP contribution >= 0.6 is 0 Å². The Morgan fingerprint density at radius 1 is 1.25 bits per heavy atom. The summed E-state index contributed by atoms with van der Waals surface area (Å²) in [5, 5.41) is 3.12. The maximum absolute atomic E-state index is 10.7. The van der Waals surface area contributed by atoms with Gasteiger partial charge in [0.25, 0.3) is 0 Å². The maximum Gasteiger partial charge on any atom is 0.155 e. The summed E-state index contributed by atoms with van der Waals surface area (Å²) in [6, 6.07) is 7.73. The Labute approximate surface area is 95.2 Å². The normalized spacial score (nSPS) is 9.38. The highest BCUT2D eigenvalue weighted by Gasteiger charge is 2.05. The van der Waals surface area contributed by atoms with Crippen LogP contribution in [0.3, 0.4) is 0 Å². The van der Waals surface area contributed by atoms with Gasteiger partial charge in [0, 0.05) is 11.4 Å². The summed E-state index contributed by atoms with van der Waals surface area (Å²) < 4.78 is 0. The third-order valence-electron chi connectivity index (χ3n) is 2.39. The van der Waals surface area contributed by atoms with Gasteiger partial charge < -0.3 is 5.32 Å². The minimum Gasteiger partial charge on any atom is -0.358 e. The molecule has 1 N–H and O–H groups in total. The molecule has 0 amide bonds. The van der Waals surface area contributed by atoms with E-state index in [1.54, 1.807) is 0 Å².